The number of anilines is 1. The fraction of sp³-hybridized carbons (Fsp3) is 0.364. The van der Waals surface area contributed by atoms with E-state index in [0.29, 0.717) is 16.8 Å². The summed E-state index contributed by atoms with van der Waals surface area (Å²) in [5, 5.41) is 5.84. The molecule has 3 aliphatic carbocycles. The van der Waals surface area contributed by atoms with Gasteiger partial charge in [0.05, 0.1) is 0 Å². The maximum absolute atomic E-state index is 13.7. The first-order valence-electron chi connectivity index (χ1n) is 9.37. The van der Waals surface area contributed by atoms with E-state index in [1.807, 2.05) is 6.92 Å². The molecule has 3 aliphatic rings. The Bertz CT molecular complexity index is 936. The van der Waals surface area contributed by atoms with Gasteiger partial charge in [-0.2, -0.15) is 0 Å². The van der Waals surface area contributed by atoms with Gasteiger partial charge in [0.2, 0.25) is 5.91 Å². The van der Waals surface area contributed by atoms with E-state index >= 15 is 0 Å². The normalized spacial score (nSPS) is 25.9. The highest BCUT2D eigenvalue weighted by Crippen LogP contribution is 2.70. The Labute approximate surface area is 162 Å². The van der Waals surface area contributed by atoms with Crippen LogP contribution >= 0.6 is 0 Å². The predicted octanol–water partition coefficient (Wildman–Crippen LogP) is 4.20. The number of halogens is 2. The summed E-state index contributed by atoms with van der Waals surface area (Å²) in [5.41, 5.74) is 0.971. The lowest BCUT2D eigenvalue weighted by atomic mass is 9.36. The van der Waals surface area contributed by atoms with Gasteiger partial charge in [0.25, 0.3) is 5.91 Å². The molecule has 0 spiro atoms. The van der Waals surface area contributed by atoms with Gasteiger partial charge in [0, 0.05) is 22.7 Å². The van der Waals surface area contributed by atoms with Crippen molar-refractivity contribution in [1.82, 2.24) is 5.32 Å². The number of hydrogen-bond donors (Lipinski definition) is 2. The van der Waals surface area contributed by atoms with Crippen LogP contribution in [-0.2, 0) is 4.79 Å². The second-order valence-electron chi connectivity index (χ2n) is 8.31. The van der Waals surface area contributed by atoms with Gasteiger partial charge in [-0.3, -0.25) is 9.59 Å². The number of hydrogen-bond acceptors (Lipinski definition) is 2. The van der Waals surface area contributed by atoms with Crippen molar-refractivity contribution in [3.8, 4) is 0 Å². The van der Waals surface area contributed by atoms with Crippen LogP contribution < -0.4 is 10.6 Å². The zero-order valence-electron chi connectivity index (χ0n) is 15.8. The molecule has 4 nitrogen and oxygen atoms in total. The summed E-state index contributed by atoms with van der Waals surface area (Å²) in [7, 11) is 0. The molecule has 3 saturated carbocycles. The average molecular weight is 384 g/mol. The molecule has 0 aliphatic heterocycles. The van der Waals surface area contributed by atoms with E-state index in [2.05, 4.69) is 10.6 Å². The molecule has 1 atom stereocenters. The van der Waals surface area contributed by atoms with Crippen molar-refractivity contribution < 1.29 is 18.4 Å². The first-order valence-corrected chi connectivity index (χ1v) is 9.37. The van der Waals surface area contributed by atoms with E-state index in [1.54, 1.807) is 19.1 Å². The molecule has 0 aromatic heterocycles. The zero-order valence-corrected chi connectivity index (χ0v) is 15.8. The Morgan fingerprint density at radius 1 is 1.04 bits per heavy atom. The molecule has 5 rings (SSSR count). The molecular weight excluding hydrogens is 362 g/mol. The van der Waals surface area contributed by atoms with E-state index in [1.165, 1.54) is 30.3 Å². The van der Waals surface area contributed by atoms with Gasteiger partial charge in [-0.1, -0.05) is 13.0 Å². The maximum atomic E-state index is 13.7. The van der Waals surface area contributed by atoms with Crippen molar-refractivity contribution in [2.75, 3.05) is 5.32 Å². The molecular formula is C22H22F2N2O2. The molecule has 2 N–H and O–H groups in total. The van der Waals surface area contributed by atoms with Crippen LogP contribution in [-0.4, -0.2) is 17.4 Å². The number of carbonyl (C=O) groups is 2. The Hall–Kier alpha value is -2.76. The number of aryl methyl sites for hydroxylation is 1. The van der Waals surface area contributed by atoms with E-state index in [4.69, 9.17) is 0 Å². The van der Waals surface area contributed by atoms with Crippen LogP contribution in [0.3, 0.4) is 0 Å². The van der Waals surface area contributed by atoms with Crippen LogP contribution in [0, 0.1) is 29.9 Å². The van der Waals surface area contributed by atoms with Gasteiger partial charge in [-0.25, -0.2) is 8.78 Å². The summed E-state index contributed by atoms with van der Waals surface area (Å²) in [6.45, 7) is 3.54. The standard InChI is InChI=1S/C22H22F2N2O2/c1-13-3-4-15(9-18(13)24)20(28)26-22-10-21(11-22,12-22)14(2)19(27)25-17-7-5-16(23)6-8-17/h3-9,14H,10-12H2,1-2H3,(H,25,27)(H,26,28)/t14-,21?,22?/m1/s1. The highest BCUT2D eigenvalue weighted by molar-refractivity contribution is 5.96. The summed E-state index contributed by atoms with van der Waals surface area (Å²) in [6.07, 6.45) is 2.20. The Morgan fingerprint density at radius 2 is 1.68 bits per heavy atom. The lowest BCUT2D eigenvalue weighted by Gasteiger charge is -2.72. The third-order valence-electron chi connectivity index (χ3n) is 6.31. The lowest BCUT2D eigenvalue weighted by molar-refractivity contribution is -0.184. The van der Waals surface area contributed by atoms with Gasteiger partial charge in [0.15, 0.2) is 0 Å². The number of carbonyl (C=O) groups excluding carboxylic acids is 2. The number of benzene rings is 2. The van der Waals surface area contributed by atoms with E-state index in [9.17, 15) is 18.4 Å². The predicted molar refractivity (Wildman–Crippen MR) is 102 cm³/mol. The summed E-state index contributed by atoms with van der Waals surface area (Å²) >= 11 is 0. The maximum Gasteiger partial charge on any atom is 0.251 e. The molecule has 6 heteroatoms. The fourth-order valence-electron chi connectivity index (χ4n) is 4.57. The average Bonchev–Trinajstić information content (AvgIpc) is 2.60. The minimum Gasteiger partial charge on any atom is -0.347 e. The van der Waals surface area contributed by atoms with E-state index in [0.717, 1.165) is 19.3 Å². The molecule has 2 bridgehead atoms. The third kappa shape index (κ3) is 3.07. The van der Waals surface area contributed by atoms with Crippen molar-refractivity contribution in [3.05, 3.63) is 65.2 Å². The Balaban J connectivity index is 1.34. The summed E-state index contributed by atoms with van der Waals surface area (Å²) in [4.78, 5) is 25.0. The molecule has 3 fully saturated rings. The molecule has 2 aromatic rings. The zero-order chi connectivity index (χ0) is 20.1. The van der Waals surface area contributed by atoms with Gasteiger partial charge >= 0.3 is 0 Å². The number of amides is 2. The van der Waals surface area contributed by atoms with Crippen molar-refractivity contribution in [3.63, 3.8) is 0 Å². The monoisotopic (exact) mass is 384 g/mol. The van der Waals surface area contributed by atoms with Gasteiger partial charge in [0.1, 0.15) is 11.6 Å². The SMILES string of the molecule is Cc1ccc(C(=O)NC23CC([C@H](C)C(=O)Nc4ccc(F)cc4)(C2)C3)cc1F. The van der Waals surface area contributed by atoms with Crippen LogP contribution in [0.5, 0.6) is 0 Å². The smallest absolute Gasteiger partial charge is 0.251 e. The minimum absolute atomic E-state index is 0.105. The highest BCUT2D eigenvalue weighted by Gasteiger charge is 2.71. The molecule has 0 saturated heterocycles. The summed E-state index contributed by atoms with van der Waals surface area (Å²) in [6, 6.07) is 10.1. The fourth-order valence-corrected chi connectivity index (χ4v) is 4.57. The molecule has 146 valence electrons. The van der Waals surface area contributed by atoms with Crippen LogP contribution in [0.4, 0.5) is 14.5 Å². The number of nitrogens with one attached hydrogen (secondary N) is 2. The Morgan fingerprint density at radius 3 is 2.29 bits per heavy atom. The molecule has 28 heavy (non-hydrogen) atoms. The van der Waals surface area contributed by atoms with Crippen LogP contribution in [0.25, 0.3) is 0 Å². The van der Waals surface area contributed by atoms with E-state index in [-0.39, 0.29) is 34.5 Å². The minimum atomic E-state index is -0.396. The Kier molecular flexibility index (Phi) is 4.25. The lowest BCUT2D eigenvalue weighted by Crippen LogP contribution is -2.77. The molecule has 0 unspecified atom stereocenters. The van der Waals surface area contributed by atoms with Crippen molar-refractivity contribution in [2.45, 2.75) is 38.6 Å². The van der Waals surface area contributed by atoms with Crippen molar-refractivity contribution >= 4 is 17.5 Å². The first kappa shape index (κ1) is 18.6. The molecule has 2 aromatic carbocycles. The van der Waals surface area contributed by atoms with Gasteiger partial charge in [-0.05, 0) is 73.6 Å². The van der Waals surface area contributed by atoms with Crippen LogP contribution in [0.15, 0.2) is 42.5 Å². The summed E-state index contributed by atoms with van der Waals surface area (Å²) in [5.74, 6) is -1.35. The van der Waals surface area contributed by atoms with Gasteiger partial charge < -0.3 is 10.6 Å². The second-order valence-corrected chi connectivity index (χ2v) is 8.31. The van der Waals surface area contributed by atoms with Crippen LogP contribution in [0.1, 0.15) is 42.1 Å². The van der Waals surface area contributed by atoms with Crippen molar-refractivity contribution in [1.29, 1.82) is 0 Å². The van der Waals surface area contributed by atoms with Crippen molar-refractivity contribution in [2.24, 2.45) is 11.3 Å². The number of rotatable bonds is 5. The van der Waals surface area contributed by atoms with E-state index < -0.39 is 5.82 Å². The van der Waals surface area contributed by atoms with Crippen LogP contribution in [0.2, 0.25) is 0 Å². The first-order chi connectivity index (χ1) is 13.2. The highest BCUT2D eigenvalue weighted by atomic mass is 19.1. The second kappa shape index (κ2) is 6.40. The summed E-state index contributed by atoms with van der Waals surface area (Å²) < 4.78 is 26.7. The van der Waals surface area contributed by atoms with Gasteiger partial charge in [-0.15, -0.1) is 0 Å². The molecule has 0 radical (unpaired) electrons. The molecule has 0 heterocycles. The third-order valence-corrected chi connectivity index (χ3v) is 6.31. The molecule has 2 amide bonds. The topological polar surface area (TPSA) is 58.2 Å². The quantitative estimate of drug-likeness (QED) is 0.812. The largest absolute Gasteiger partial charge is 0.347 e.